The van der Waals surface area contributed by atoms with E-state index in [0.29, 0.717) is 18.6 Å². The van der Waals surface area contributed by atoms with E-state index >= 15 is 0 Å². The number of carbonyl (C=O) groups is 1. The van der Waals surface area contributed by atoms with E-state index in [1.807, 2.05) is 30.3 Å². The Kier molecular flexibility index (Phi) is 3.40. The number of aromatic hydroxyl groups is 1. The molecule has 17 heavy (non-hydrogen) atoms. The van der Waals surface area contributed by atoms with Crippen molar-refractivity contribution in [2.24, 2.45) is 0 Å². The topological polar surface area (TPSA) is 46.5 Å². The van der Waals surface area contributed by atoms with Crippen LogP contribution in [0.25, 0.3) is 0 Å². The molecule has 0 bridgehead atoms. The van der Waals surface area contributed by atoms with Crippen LogP contribution in [0.15, 0.2) is 48.5 Å². The molecule has 0 atom stereocenters. The lowest BCUT2D eigenvalue weighted by molar-refractivity contribution is -0.120. The molecule has 1 N–H and O–H groups in total. The van der Waals surface area contributed by atoms with Crippen molar-refractivity contribution < 1.29 is 14.6 Å². The smallest absolute Gasteiger partial charge is 0.298 e. The average Bonchev–Trinajstić information content (AvgIpc) is 2.35. The van der Waals surface area contributed by atoms with Gasteiger partial charge in [-0.05, 0) is 29.3 Å². The van der Waals surface area contributed by atoms with Gasteiger partial charge in [0.1, 0.15) is 11.5 Å². The highest BCUT2D eigenvalue weighted by Crippen LogP contribution is 2.21. The van der Waals surface area contributed by atoms with Crippen LogP contribution < -0.4 is 4.74 Å². The highest BCUT2D eigenvalue weighted by molar-refractivity contribution is 5.49. The third-order valence-electron chi connectivity index (χ3n) is 2.48. The minimum absolute atomic E-state index is 0.242. The molecule has 3 heteroatoms. The monoisotopic (exact) mass is 228 g/mol. The maximum absolute atomic E-state index is 10.4. The van der Waals surface area contributed by atoms with Crippen LogP contribution in [0.2, 0.25) is 0 Å². The van der Waals surface area contributed by atoms with Gasteiger partial charge < -0.3 is 9.84 Å². The van der Waals surface area contributed by atoms with E-state index in [9.17, 15) is 9.90 Å². The van der Waals surface area contributed by atoms with Gasteiger partial charge in [0, 0.05) is 6.42 Å². The summed E-state index contributed by atoms with van der Waals surface area (Å²) in [6.45, 7) is 0.426. The van der Waals surface area contributed by atoms with Crippen LogP contribution in [0.5, 0.6) is 11.5 Å². The second-order valence-corrected chi connectivity index (χ2v) is 3.67. The number of phenols is 1. The number of phenolic OH excluding ortho intramolecular Hbond substituents is 1. The third kappa shape index (κ3) is 2.84. The first-order valence-electron chi connectivity index (χ1n) is 5.25. The molecule has 0 aromatic heterocycles. The number of hydrogen-bond acceptors (Lipinski definition) is 3. The number of carbonyl (C=O) groups excluding carboxylic acids is 1. The van der Waals surface area contributed by atoms with Gasteiger partial charge in [0.05, 0.1) is 0 Å². The zero-order chi connectivity index (χ0) is 12.1. The summed E-state index contributed by atoms with van der Waals surface area (Å²) in [5.74, 6) is 0.807. The molecule has 0 unspecified atom stereocenters. The maximum Gasteiger partial charge on any atom is 0.298 e. The first-order valence-corrected chi connectivity index (χ1v) is 5.25. The van der Waals surface area contributed by atoms with Crippen molar-refractivity contribution in [3.8, 4) is 11.5 Å². The summed E-state index contributed by atoms with van der Waals surface area (Å²) in [5, 5.41) is 9.19. The minimum Gasteiger partial charge on any atom is -0.508 e. The van der Waals surface area contributed by atoms with Crippen molar-refractivity contribution >= 4 is 6.47 Å². The van der Waals surface area contributed by atoms with Gasteiger partial charge in [-0.3, -0.25) is 4.79 Å². The second-order valence-electron chi connectivity index (χ2n) is 3.67. The lowest BCUT2D eigenvalue weighted by Gasteiger charge is -2.07. The predicted molar refractivity (Wildman–Crippen MR) is 64.0 cm³/mol. The van der Waals surface area contributed by atoms with Crippen LogP contribution in [0.3, 0.4) is 0 Å². The van der Waals surface area contributed by atoms with Crippen molar-refractivity contribution in [3.63, 3.8) is 0 Å². The zero-order valence-corrected chi connectivity index (χ0v) is 9.17. The van der Waals surface area contributed by atoms with Gasteiger partial charge in [-0.1, -0.05) is 30.3 Å². The van der Waals surface area contributed by atoms with E-state index in [0.717, 1.165) is 11.1 Å². The SMILES string of the molecule is O=COc1ccccc1Cc1ccc(O)cc1. The Morgan fingerprint density at radius 1 is 1.06 bits per heavy atom. The summed E-state index contributed by atoms with van der Waals surface area (Å²) in [7, 11) is 0. The Morgan fingerprint density at radius 2 is 1.76 bits per heavy atom. The summed E-state index contributed by atoms with van der Waals surface area (Å²) in [6, 6.07) is 14.3. The molecular formula is C14H12O3. The van der Waals surface area contributed by atoms with Crippen LogP contribution in [-0.2, 0) is 11.2 Å². The number of rotatable bonds is 4. The molecule has 0 radical (unpaired) electrons. The molecule has 0 saturated heterocycles. The normalized spacial score (nSPS) is 9.88. The zero-order valence-electron chi connectivity index (χ0n) is 9.17. The molecule has 3 nitrogen and oxygen atoms in total. The van der Waals surface area contributed by atoms with Crippen LogP contribution in [0.4, 0.5) is 0 Å². The van der Waals surface area contributed by atoms with Gasteiger partial charge in [0.25, 0.3) is 6.47 Å². The Bertz CT molecular complexity index is 503. The summed E-state index contributed by atoms with van der Waals surface area (Å²) < 4.78 is 4.90. The van der Waals surface area contributed by atoms with Crippen LogP contribution in [-0.4, -0.2) is 11.6 Å². The van der Waals surface area contributed by atoms with Crippen molar-refractivity contribution in [1.82, 2.24) is 0 Å². The molecule has 2 rings (SSSR count). The first-order chi connectivity index (χ1) is 8.29. The van der Waals surface area contributed by atoms with E-state index in [-0.39, 0.29) is 5.75 Å². The fraction of sp³-hybridized carbons (Fsp3) is 0.0714. The standard InChI is InChI=1S/C14H12O3/c15-10-17-14-4-2-1-3-12(14)9-11-5-7-13(16)8-6-11/h1-8,10,16H,9H2. The molecule has 0 amide bonds. The molecule has 0 saturated carbocycles. The molecule has 2 aromatic carbocycles. The van der Waals surface area contributed by atoms with Gasteiger partial charge in [-0.15, -0.1) is 0 Å². The lowest BCUT2D eigenvalue weighted by Crippen LogP contribution is -1.95. The number of para-hydroxylation sites is 1. The molecule has 0 spiro atoms. The summed E-state index contributed by atoms with van der Waals surface area (Å²) in [4.78, 5) is 10.4. The Hall–Kier alpha value is -2.29. The Labute approximate surface area is 99.3 Å². The number of benzene rings is 2. The average molecular weight is 228 g/mol. The lowest BCUT2D eigenvalue weighted by atomic mass is 10.0. The molecule has 0 aliphatic carbocycles. The van der Waals surface area contributed by atoms with E-state index in [4.69, 9.17) is 4.74 Å². The Balaban J connectivity index is 2.23. The fourth-order valence-corrected chi connectivity index (χ4v) is 1.65. The van der Waals surface area contributed by atoms with Gasteiger partial charge in [-0.25, -0.2) is 0 Å². The number of hydrogen-bond donors (Lipinski definition) is 1. The van der Waals surface area contributed by atoms with Crippen LogP contribution in [0.1, 0.15) is 11.1 Å². The summed E-state index contributed by atoms with van der Waals surface area (Å²) in [5.41, 5.74) is 1.98. The predicted octanol–water partition coefficient (Wildman–Crippen LogP) is 2.52. The van der Waals surface area contributed by atoms with E-state index in [1.165, 1.54) is 0 Å². The molecular weight excluding hydrogens is 216 g/mol. The van der Waals surface area contributed by atoms with Crippen LogP contribution in [0, 0.1) is 0 Å². The fourth-order valence-electron chi connectivity index (χ4n) is 1.65. The minimum atomic E-state index is 0.242. The van der Waals surface area contributed by atoms with E-state index in [2.05, 4.69) is 0 Å². The van der Waals surface area contributed by atoms with Gasteiger partial charge in [-0.2, -0.15) is 0 Å². The van der Waals surface area contributed by atoms with Crippen molar-refractivity contribution in [1.29, 1.82) is 0 Å². The van der Waals surface area contributed by atoms with Crippen LogP contribution >= 0.6 is 0 Å². The molecule has 86 valence electrons. The number of ether oxygens (including phenoxy) is 1. The van der Waals surface area contributed by atoms with Gasteiger partial charge in [0.2, 0.25) is 0 Å². The quantitative estimate of drug-likeness (QED) is 0.818. The van der Waals surface area contributed by atoms with Crippen molar-refractivity contribution in [3.05, 3.63) is 59.7 Å². The Morgan fingerprint density at radius 3 is 2.47 bits per heavy atom. The summed E-state index contributed by atoms with van der Waals surface area (Å²) in [6.07, 6.45) is 0.657. The molecule has 0 fully saturated rings. The van der Waals surface area contributed by atoms with Crippen molar-refractivity contribution in [2.45, 2.75) is 6.42 Å². The largest absolute Gasteiger partial charge is 0.508 e. The third-order valence-corrected chi connectivity index (χ3v) is 2.48. The van der Waals surface area contributed by atoms with E-state index < -0.39 is 0 Å². The molecule has 0 heterocycles. The van der Waals surface area contributed by atoms with Gasteiger partial charge >= 0.3 is 0 Å². The molecule has 2 aromatic rings. The van der Waals surface area contributed by atoms with E-state index in [1.54, 1.807) is 18.2 Å². The van der Waals surface area contributed by atoms with Gasteiger partial charge in [0.15, 0.2) is 0 Å². The first kappa shape index (κ1) is 11.2. The second kappa shape index (κ2) is 5.16. The summed E-state index contributed by atoms with van der Waals surface area (Å²) >= 11 is 0. The molecule has 0 aliphatic heterocycles. The highest BCUT2D eigenvalue weighted by atomic mass is 16.5. The molecule has 0 aliphatic rings. The highest BCUT2D eigenvalue weighted by Gasteiger charge is 2.03. The van der Waals surface area contributed by atoms with Crippen molar-refractivity contribution in [2.75, 3.05) is 0 Å². The maximum atomic E-state index is 10.4.